The van der Waals surface area contributed by atoms with Crippen molar-refractivity contribution >= 4 is 17.3 Å². The number of halogens is 1. The van der Waals surface area contributed by atoms with Crippen molar-refractivity contribution < 1.29 is 4.74 Å². The Balaban J connectivity index is 1.71. The SMILES string of the molecule is CCOCc1ccc(CNc2cnn(-c3ccccc3)c(=O)c2Cl)cc1. The summed E-state index contributed by atoms with van der Waals surface area (Å²) in [5.41, 5.74) is 3.04. The highest BCUT2D eigenvalue weighted by Gasteiger charge is 2.10. The summed E-state index contributed by atoms with van der Waals surface area (Å²) in [4.78, 5) is 12.5. The van der Waals surface area contributed by atoms with E-state index in [9.17, 15) is 4.79 Å². The Morgan fingerprint density at radius 2 is 1.77 bits per heavy atom. The quantitative estimate of drug-likeness (QED) is 0.683. The van der Waals surface area contributed by atoms with Crippen molar-refractivity contribution in [1.29, 1.82) is 0 Å². The van der Waals surface area contributed by atoms with Crippen LogP contribution in [0.2, 0.25) is 5.02 Å². The fraction of sp³-hybridized carbons (Fsp3) is 0.200. The van der Waals surface area contributed by atoms with E-state index < -0.39 is 0 Å². The first-order chi connectivity index (χ1) is 12.7. The fourth-order valence-corrected chi connectivity index (χ4v) is 2.68. The molecular weight excluding hydrogens is 350 g/mol. The van der Waals surface area contributed by atoms with Crippen LogP contribution in [0.5, 0.6) is 0 Å². The second-order valence-electron chi connectivity index (χ2n) is 5.73. The molecule has 0 bridgehead atoms. The van der Waals surface area contributed by atoms with Crippen LogP contribution >= 0.6 is 11.6 Å². The molecule has 2 aromatic carbocycles. The highest BCUT2D eigenvalue weighted by Crippen LogP contribution is 2.18. The summed E-state index contributed by atoms with van der Waals surface area (Å²) in [6, 6.07) is 17.3. The van der Waals surface area contributed by atoms with Gasteiger partial charge in [0, 0.05) is 13.2 Å². The topological polar surface area (TPSA) is 56.1 Å². The monoisotopic (exact) mass is 369 g/mol. The number of nitrogens with one attached hydrogen (secondary N) is 1. The zero-order valence-corrected chi connectivity index (χ0v) is 15.2. The molecule has 0 aliphatic rings. The van der Waals surface area contributed by atoms with Gasteiger partial charge in [-0.3, -0.25) is 4.79 Å². The minimum absolute atomic E-state index is 0.122. The molecule has 5 nitrogen and oxygen atoms in total. The molecule has 0 aliphatic heterocycles. The average Bonchev–Trinajstić information content (AvgIpc) is 2.69. The Kier molecular flexibility index (Phi) is 6.04. The van der Waals surface area contributed by atoms with Gasteiger partial charge in [-0.2, -0.15) is 9.78 Å². The molecule has 6 heteroatoms. The van der Waals surface area contributed by atoms with E-state index in [4.69, 9.17) is 16.3 Å². The third kappa shape index (κ3) is 4.31. The van der Waals surface area contributed by atoms with E-state index >= 15 is 0 Å². The fourth-order valence-electron chi connectivity index (χ4n) is 2.48. The third-order valence-corrected chi connectivity index (χ3v) is 4.26. The van der Waals surface area contributed by atoms with Crippen molar-refractivity contribution in [3.8, 4) is 5.69 Å². The van der Waals surface area contributed by atoms with Crippen molar-refractivity contribution in [2.75, 3.05) is 11.9 Å². The van der Waals surface area contributed by atoms with Gasteiger partial charge in [0.15, 0.2) is 0 Å². The van der Waals surface area contributed by atoms with Crippen molar-refractivity contribution in [2.45, 2.75) is 20.1 Å². The van der Waals surface area contributed by atoms with E-state index in [1.807, 2.05) is 61.5 Å². The average molecular weight is 370 g/mol. The van der Waals surface area contributed by atoms with Gasteiger partial charge in [-0.15, -0.1) is 0 Å². The standard InChI is InChI=1S/C20H20ClN3O2/c1-2-26-14-16-10-8-15(9-11-16)12-22-18-13-23-24(20(25)19(18)21)17-6-4-3-5-7-17/h3-11,13,22H,2,12,14H2,1H3. The Bertz CT molecular complexity index is 909. The molecule has 134 valence electrons. The maximum absolute atomic E-state index is 12.5. The second-order valence-corrected chi connectivity index (χ2v) is 6.11. The smallest absolute Gasteiger partial charge is 0.292 e. The van der Waals surface area contributed by atoms with Crippen molar-refractivity contribution in [1.82, 2.24) is 9.78 Å². The highest BCUT2D eigenvalue weighted by molar-refractivity contribution is 6.32. The van der Waals surface area contributed by atoms with Gasteiger partial charge >= 0.3 is 0 Å². The van der Waals surface area contributed by atoms with Gasteiger partial charge < -0.3 is 10.1 Å². The van der Waals surface area contributed by atoms with E-state index in [0.717, 1.165) is 11.1 Å². The van der Waals surface area contributed by atoms with Crippen LogP contribution in [-0.4, -0.2) is 16.4 Å². The molecule has 0 saturated carbocycles. The number of ether oxygens (including phenoxy) is 1. The summed E-state index contributed by atoms with van der Waals surface area (Å²) in [5, 5.41) is 7.50. The number of para-hydroxylation sites is 1. The van der Waals surface area contributed by atoms with Crippen molar-refractivity contribution in [3.05, 3.63) is 87.3 Å². The zero-order chi connectivity index (χ0) is 18.4. The molecule has 0 spiro atoms. The summed E-state index contributed by atoms with van der Waals surface area (Å²) in [6.45, 7) is 3.83. The van der Waals surface area contributed by atoms with E-state index in [2.05, 4.69) is 10.4 Å². The molecule has 0 unspecified atom stereocenters. The predicted molar refractivity (Wildman–Crippen MR) is 104 cm³/mol. The second kappa shape index (κ2) is 8.65. The predicted octanol–water partition coefficient (Wildman–Crippen LogP) is 4.03. The summed E-state index contributed by atoms with van der Waals surface area (Å²) >= 11 is 6.24. The molecule has 0 amide bonds. The number of benzene rings is 2. The van der Waals surface area contributed by atoms with Gasteiger partial charge in [0.25, 0.3) is 5.56 Å². The first-order valence-corrected chi connectivity index (χ1v) is 8.79. The van der Waals surface area contributed by atoms with E-state index in [1.165, 1.54) is 4.68 Å². The Hall–Kier alpha value is -2.63. The summed E-state index contributed by atoms with van der Waals surface area (Å²) < 4.78 is 6.67. The molecule has 0 radical (unpaired) electrons. The molecular formula is C20H20ClN3O2. The van der Waals surface area contributed by atoms with Crippen LogP contribution in [0.25, 0.3) is 5.69 Å². The first-order valence-electron chi connectivity index (χ1n) is 8.41. The Morgan fingerprint density at radius 1 is 1.08 bits per heavy atom. The highest BCUT2D eigenvalue weighted by atomic mass is 35.5. The van der Waals surface area contributed by atoms with E-state index in [-0.39, 0.29) is 10.6 Å². The molecule has 1 heterocycles. The van der Waals surface area contributed by atoms with Gasteiger partial charge in [0.05, 0.1) is 24.2 Å². The van der Waals surface area contributed by atoms with Crippen LogP contribution in [0.15, 0.2) is 65.6 Å². The lowest BCUT2D eigenvalue weighted by atomic mass is 10.1. The molecule has 26 heavy (non-hydrogen) atoms. The zero-order valence-electron chi connectivity index (χ0n) is 14.5. The maximum atomic E-state index is 12.5. The van der Waals surface area contributed by atoms with Gasteiger partial charge in [-0.25, -0.2) is 0 Å². The van der Waals surface area contributed by atoms with Crippen LogP contribution in [0.3, 0.4) is 0 Å². The van der Waals surface area contributed by atoms with Crippen LogP contribution in [-0.2, 0) is 17.9 Å². The van der Waals surface area contributed by atoms with Gasteiger partial charge in [0.2, 0.25) is 0 Å². The lowest BCUT2D eigenvalue weighted by molar-refractivity contribution is 0.134. The molecule has 3 aromatic rings. The third-order valence-electron chi connectivity index (χ3n) is 3.90. The van der Waals surface area contributed by atoms with Crippen LogP contribution in [0, 0.1) is 0 Å². The molecule has 0 atom stereocenters. The number of anilines is 1. The van der Waals surface area contributed by atoms with Crippen LogP contribution < -0.4 is 10.9 Å². The minimum Gasteiger partial charge on any atom is -0.378 e. The lowest BCUT2D eigenvalue weighted by Crippen LogP contribution is -2.22. The van der Waals surface area contributed by atoms with Crippen LogP contribution in [0.4, 0.5) is 5.69 Å². The van der Waals surface area contributed by atoms with E-state index in [0.29, 0.717) is 31.1 Å². The number of hydrogen-bond donors (Lipinski definition) is 1. The number of nitrogens with zero attached hydrogens (tertiary/aromatic N) is 2. The normalized spacial score (nSPS) is 10.7. The maximum Gasteiger partial charge on any atom is 0.292 e. The number of aromatic nitrogens is 2. The number of rotatable bonds is 7. The largest absolute Gasteiger partial charge is 0.378 e. The molecule has 0 saturated heterocycles. The first kappa shape index (κ1) is 18.2. The molecule has 0 aliphatic carbocycles. The molecule has 1 aromatic heterocycles. The van der Waals surface area contributed by atoms with E-state index in [1.54, 1.807) is 6.20 Å². The Morgan fingerprint density at radius 3 is 2.46 bits per heavy atom. The Labute approximate surface area is 157 Å². The van der Waals surface area contributed by atoms with Crippen LogP contribution in [0.1, 0.15) is 18.1 Å². The summed E-state index contributed by atoms with van der Waals surface area (Å²) in [6.07, 6.45) is 1.57. The van der Waals surface area contributed by atoms with Gasteiger partial charge in [0.1, 0.15) is 5.02 Å². The van der Waals surface area contributed by atoms with Crippen molar-refractivity contribution in [2.24, 2.45) is 0 Å². The lowest BCUT2D eigenvalue weighted by Gasteiger charge is -2.11. The molecule has 3 rings (SSSR count). The molecule has 1 N–H and O–H groups in total. The summed E-state index contributed by atoms with van der Waals surface area (Å²) in [7, 11) is 0. The minimum atomic E-state index is -0.352. The summed E-state index contributed by atoms with van der Waals surface area (Å²) in [5.74, 6) is 0. The van der Waals surface area contributed by atoms with Gasteiger partial charge in [-0.05, 0) is 30.2 Å². The van der Waals surface area contributed by atoms with Gasteiger partial charge in [-0.1, -0.05) is 54.1 Å². The van der Waals surface area contributed by atoms with Crippen molar-refractivity contribution in [3.63, 3.8) is 0 Å². The molecule has 0 fully saturated rings. The number of hydrogen-bond acceptors (Lipinski definition) is 4.